The molecule has 1 heterocycles. The Kier molecular flexibility index (Phi) is 7.72. The fraction of sp³-hybridized carbons (Fsp3) is 0.261. The zero-order chi connectivity index (χ0) is 23.1. The smallest absolute Gasteiger partial charge is 0.338 e. The topological polar surface area (TPSA) is 103 Å². The molecule has 0 aromatic heterocycles. The molecular formula is C23H23ClN2O6. The van der Waals surface area contributed by atoms with Crippen LogP contribution in [0.4, 0.5) is 4.79 Å². The third-order valence-electron chi connectivity index (χ3n) is 4.77. The molecule has 2 aromatic carbocycles. The first kappa shape index (κ1) is 23.1. The van der Waals surface area contributed by atoms with Crippen LogP contribution in [0.2, 0.25) is 5.02 Å². The van der Waals surface area contributed by atoms with Crippen LogP contribution in [0.5, 0.6) is 5.75 Å². The summed E-state index contributed by atoms with van der Waals surface area (Å²) in [6, 6.07) is 12.5. The molecule has 8 nitrogen and oxygen atoms in total. The van der Waals surface area contributed by atoms with E-state index in [4.69, 9.17) is 25.8 Å². The lowest BCUT2D eigenvalue weighted by Gasteiger charge is -2.29. The number of hydrogen-bond donors (Lipinski definition) is 2. The van der Waals surface area contributed by atoms with E-state index in [0.29, 0.717) is 21.9 Å². The van der Waals surface area contributed by atoms with E-state index >= 15 is 0 Å². The van der Waals surface area contributed by atoms with Gasteiger partial charge in [0.1, 0.15) is 12.4 Å². The molecule has 3 rings (SSSR count). The minimum absolute atomic E-state index is 0.0458. The van der Waals surface area contributed by atoms with Crippen molar-refractivity contribution in [2.24, 2.45) is 0 Å². The van der Waals surface area contributed by atoms with E-state index in [2.05, 4.69) is 10.6 Å². The van der Waals surface area contributed by atoms with Crippen molar-refractivity contribution >= 4 is 29.6 Å². The summed E-state index contributed by atoms with van der Waals surface area (Å²) in [6.45, 7) is 1.52. The van der Waals surface area contributed by atoms with Gasteiger partial charge in [0, 0.05) is 5.02 Å². The zero-order valence-corrected chi connectivity index (χ0v) is 18.4. The lowest BCUT2D eigenvalue weighted by molar-refractivity contribution is -0.143. The van der Waals surface area contributed by atoms with E-state index in [1.807, 2.05) is 0 Å². The van der Waals surface area contributed by atoms with Gasteiger partial charge in [0.2, 0.25) is 0 Å². The molecular weight excluding hydrogens is 436 g/mol. The van der Waals surface area contributed by atoms with Crippen molar-refractivity contribution in [3.05, 3.63) is 76.0 Å². The molecule has 0 spiro atoms. The summed E-state index contributed by atoms with van der Waals surface area (Å²) in [4.78, 5) is 37.4. The molecule has 168 valence electrons. The molecule has 2 N–H and O–H groups in total. The molecule has 0 unspecified atom stereocenters. The predicted octanol–water partition coefficient (Wildman–Crippen LogP) is 3.31. The van der Waals surface area contributed by atoms with E-state index in [9.17, 15) is 14.4 Å². The van der Waals surface area contributed by atoms with E-state index in [0.717, 1.165) is 0 Å². The summed E-state index contributed by atoms with van der Waals surface area (Å²) < 4.78 is 15.7. The fourth-order valence-electron chi connectivity index (χ4n) is 3.23. The number of carbonyl (C=O) groups is 3. The van der Waals surface area contributed by atoms with Crippen molar-refractivity contribution in [2.75, 3.05) is 20.3 Å². The summed E-state index contributed by atoms with van der Waals surface area (Å²) in [6.07, 6.45) is -0.0458. The molecule has 0 saturated heterocycles. The second kappa shape index (κ2) is 10.7. The lowest BCUT2D eigenvalue weighted by Crippen LogP contribution is -2.47. The van der Waals surface area contributed by atoms with Crippen molar-refractivity contribution < 1.29 is 28.6 Å². The largest absolute Gasteiger partial charge is 0.497 e. The molecule has 2 amide bonds. The number of hydrogen-bond acceptors (Lipinski definition) is 6. The molecule has 1 atom stereocenters. The van der Waals surface area contributed by atoms with Crippen molar-refractivity contribution in [3.63, 3.8) is 0 Å². The maximum Gasteiger partial charge on any atom is 0.338 e. The normalized spacial score (nSPS) is 15.5. The van der Waals surface area contributed by atoms with Gasteiger partial charge in [0.05, 0.1) is 37.4 Å². The SMILES string of the molecule is CCOC(=O)C1=C(COC(=O)Cc2ccccc2Cl)NC(=O)N[C@H]1c1ccc(OC)cc1. The molecule has 0 saturated carbocycles. The van der Waals surface area contributed by atoms with Crippen LogP contribution in [-0.2, 0) is 25.5 Å². The van der Waals surface area contributed by atoms with Gasteiger partial charge < -0.3 is 24.8 Å². The summed E-state index contributed by atoms with van der Waals surface area (Å²) in [5, 5.41) is 5.73. The van der Waals surface area contributed by atoms with Gasteiger partial charge in [-0.15, -0.1) is 0 Å². The van der Waals surface area contributed by atoms with Crippen LogP contribution in [0.1, 0.15) is 24.1 Å². The van der Waals surface area contributed by atoms with Gasteiger partial charge in [0.25, 0.3) is 0 Å². The van der Waals surface area contributed by atoms with Crippen LogP contribution < -0.4 is 15.4 Å². The van der Waals surface area contributed by atoms with Crippen LogP contribution in [0.25, 0.3) is 0 Å². The molecule has 0 fully saturated rings. The zero-order valence-electron chi connectivity index (χ0n) is 17.6. The van der Waals surface area contributed by atoms with Gasteiger partial charge in [-0.3, -0.25) is 4.79 Å². The van der Waals surface area contributed by atoms with Crippen molar-refractivity contribution in [2.45, 2.75) is 19.4 Å². The van der Waals surface area contributed by atoms with Crippen molar-refractivity contribution in [1.82, 2.24) is 10.6 Å². The number of nitrogens with one attached hydrogen (secondary N) is 2. The molecule has 0 radical (unpaired) electrons. The van der Waals surface area contributed by atoms with Crippen LogP contribution >= 0.6 is 11.6 Å². The molecule has 9 heteroatoms. The monoisotopic (exact) mass is 458 g/mol. The van der Waals surface area contributed by atoms with Gasteiger partial charge in [-0.25, -0.2) is 9.59 Å². The van der Waals surface area contributed by atoms with E-state index < -0.39 is 24.0 Å². The molecule has 32 heavy (non-hydrogen) atoms. The Morgan fingerprint density at radius 1 is 1.06 bits per heavy atom. The van der Waals surface area contributed by atoms with Crippen molar-refractivity contribution in [1.29, 1.82) is 0 Å². The maximum absolute atomic E-state index is 12.7. The van der Waals surface area contributed by atoms with Crippen molar-refractivity contribution in [3.8, 4) is 5.75 Å². The molecule has 0 aliphatic carbocycles. The predicted molar refractivity (Wildman–Crippen MR) is 117 cm³/mol. The maximum atomic E-state index is 12.7. The summed E-state index contributed by atoms with van der Waals surface area (Å²) in [7, 11) is 1.54. The molecule has 2 aromatic rings. The van der Waals surface area contributed by atoms with Gasteiger partial charge in [0.15, 0.2) is 0 Å². The highest BCUT2D eigenvalue weighted by Gasteiger charge is 2.34. The second-order valence-electron chi connectivity index (χ2n) is 6.85. The minimum Gasteiger partial charge on any atom is -0.497 e. The molecule has 1 aliphatic rings. The first-order valence-corrected chi connectivity index (χ1v) is 10.3. The highest BCUT2D eigenvalue weighted by atomic mass is 35.5. The Hall–Kier alpha value is -3.52. The third kappa shape index (κ3) is 5.59. The number of esters is 2. The number of urea groups is 1. The minimum atomic E-state index is -0.786. The Morgan fingerprint density at radius 3 is 2.44 bits per heavy atom. The summed E-state index contributed by atoms with van der Waals surface area (Å²) >= 11 is 6.09. The number of methoxy groups -OCH3 is 1. The van der Waals surface area contributed by atoms with Gasteiger partial charge in [-0.05, 0) is 36.2 Å². The number of ether oxygens (including phenoxy) is 3. The van der Waals surface area contributed by atoms with E-state index in [-0.39, 0.29) is 30.9 Å². The Bertz CT molecular complexity index is 1040. The van der Waals surface area contributed by atoms with Crippen LogP contribution in [0.3, 0.4) is 0 Å². The summed E-state index contributed by atoms with van der Waals surface area (Å²) in [5.74, 6) is -0.551. The average molecular weight is 459 g/mol. The second-order valence-corrected chi connectivity index (χ2v) is 7.25. The van der Waals surface area contributed by atoms with Crippen LogP contribution in [0.15, 0.2) is 59.8 Å². The Morgan fingerprint density at radius 2 is 1.78 bits per heavy atom. The van der Waals surface area contributed by atoms with Gasteiger partial charge >= 0.3 is 18.0 Å². The highest BCUT2D eigenvalue weighted by Crippen LogP contribution is 2.29. The average Bonchev–Trinajstić information content (AvgIpc) is 2.79. The third-order valence-corrected chi connectivity index (χ3v) is 5.14. The van der Waals surface area contributed by atoms with Crippen LogP contribution in [-0.4, -0.2) is 38.3 Å². The molecule has 1 aliphatic heterocycles. The van der Waals surface area contributed by atoms with Gasteiger partial charge in [-0.1, -0.05) is 41.9 Å². The first-order valence-electron chi connectivity index (χ1n) is 9.93. The molecule has 0 bridgehead atoms. The number of benzene rings is 2. The van der Waals surface area contributed by atoms with E-state index in [1.165, 1.54) is 0 Å². The first-order chi connectivity index (χ1) is 15.4. The Balaban J connectivity index is 1.85. The summed E-state index contributed by atoms with van der Waals surface area (Å²) in [5.41, 5.74) is 1.57. The number of amides is 2. The highest BCUT2D eigenvalue weighted by molar-refractivity contribution is 6.31. The number of rotatable bonds is 8. The quantitative estimate of drug-likeness (QED) is 0.588. The lowest BCUT2D eigenvalue weighted by atomic mass is 9.95. The fourth-order valence-corrected chi connectivity index (χ4v) is 3.43. The number of carbonyl (C=O) groups excluding carboxylic acids is 3. The van der Waals surface area contributed by atoms with Crippen LogP contribution in [0, 0.1) is 0 Å². The standard InChI is InChI=1S/C23H23ClN2O6/c1-3-31-22(28)20-18(13-32-19(27)12-15-6-4-5-7-17(15)24)25-23(29)26-21(20)14-8-10-16(30-2)11-9-14/h4-11,21H,3,12-13H2,1-2H3,(H2,25,26,29)/t21-/m0/s1. The Labute approximate surface area is 190 Å². The number of halogens is 1. The van der Waals surface area contributed by atoms with E-state index in [1.54, 1.807) is 62.6 Å². The van der Waals surface area contributed by atoms with Gasteiger partial charge in [-0.2, -0.15) is 0 Å².